The van der Waals surface area contributed by atoms with Crippen molar-refractivity contribution in [1.82, 2.24) is 0 Å². The van der Waals surface area contributed by atoms with Gasteiger partial charge in [0.2, 0.25) is 0 Å². The SMILES string of the molecule is N#C/C(=C/c1cc(Br)ccc1OCc1ccccc1Cl)C(=O)Nc1cccc(C(=O)O)c1. The molecule has 0 aromatic heterocycles. The van der Waals surface area contributed by atoms with Crippen molar-refractivity contribution >= 4 is 51.2 Å². The van der Waals surface area contributed by atoms with E-state index in [4.69, 9.17) is 21.4 Å². The lowest BCUT2D eigenvalue weighted by atomic mass is 10.1. The van der Waals surface area contributed by atoms with Crippen LogP contribution in [0.5, 0.6) is 5.75 Å². The second-order valence-electron chi connectivity index (χ2n) is 6.57. The number of aromatic carboxylic acids is 1. The van der Waals surface area contributed by atoms with E-state index in [-0.39, 0.29) is 23.4 Å². The van der Waals surface area contributed by atoms with Gasteiger partial charge in [0.15, 0.2) is 0 Å². The monoisotopic (exact) mass is 510 g/mol. The van der Waals surface area contributed by atoms with Crippen LogP contribution in [0.1, 0.15) is 21.5 Å². The summed E-state index contributed by atoms with van der Waals surface area (Å²) in [5.74, 6) is -1.33. The zero-order valence-electron chi connectivity index (χ0n) is 16.5. The molecule has 0 saturated carbocycles. The molecule has 2 N–H and O–H groups in total. The van der Waals surface area contributed by atoms with Crippen molar-refractivity contribution in [2.75, 3.05) is 5.32 Å². The van der Waals surface area contributed by atoms with E-state index in [1.807, 2.05) is 24.3 Å². The van der Waals surface area contributed by atoms with Gasteiger partial charge in [0.25, 0.3) is 5.91 Å². The lowest BCUT2D eigenvalue weighted by Crippen LogP contribution is -2.14. The molecule has 3 aromatic rings. The summed E-state index contributed by atoms with van der Waals surface area (Å²) in [6, 6.07) is 20.1. The highest BCUT2D eigenvalue weighted by Gasteiger charge is 2.13. The number of carbonyl (C=O) groups excluding carboxylic acids is 1. The zero-order valence-corrected chi connectivity index (χ0v) is 18.9. The Morgan fingerprint density at radius 2 is 1.91 bits per heavy atom. The van der Waals surface area contributed by atoms with Gasteiger partial charge in [-0.2, -0.15) is 5.26 Å². The molecule has 6 nitrogen and oxygen atoms in total. The van der Waals surface area contributed by atoms with E-state index in [2.05, 4.69) is 21.2 Å². The van der Waals surface area contributed by atoms with Gasteiger partial charge >= 0.3 is 5.97 Å². The number of carboxylic acids is 1. The molecule has 0 radical (unpaired) electrons. The third-order valence-electron chi connectivity index (χ3n) is 4.35. The Kier molecular flexibility index (Phi) is 7.66. The molecule has 8 heteroatoms. The van der Waals surface area contributed by atoms with Crippen LogP contribution in [-0.4, -0.2) is 17.0 Å². The summed E-state index contributed by atoms with van der Waals surface area (Å²) in [5.41, 5.74) is 1.42. The lowest BCUT2D eigenvalue weighted by Gasteiger charge is -2.11. The number of hydrogen-bond donors (Lipinski definition) is 2. The number of rotatable bonds is 7. The highest BCUT2D eigenvalue weighted by Crippen LogP contribution is 2.27. The third-order valence-corrected chi connectivity index (χ3v) is 5.21. The van der Waals surface area contributed by atoms with Crippen molar-refractivity contribution in [1.29, 1.82) is 5.26 Å². The van der Waals surface area contributed by atoms with E-state index in [9.17, 15) is 14.9 Å². The number of nitrogens with zero attached hydrogens (tertiary/aromatic N) is 1. The fraction of sp³-hybridized carbons (Fsp3) is 0.0417. The zero-order chi connectivity index (χ0) is 23.1. The molecule has 0 spiro atoms. The molecule has 0 aliphatic heterocycles. The molecular formula is C24H16BrClN2O4. The summed E-state index contributed by atoms with van der Waals surface area (Å²) in [5, 5.41) is 21.8. The molecule has 0 fully saturated rings. The Labute approximate surface area is 197 Å². The van der Waals surface area contributed by atoms with E-state index in [0.29, 0.717) is 16.3 Å². The fourth-order valence-corrected chi connectivity index (χ4v) is 3.34. The average Bonchev–Trinajstić information content (AvgIpc) is 2.78. The van der Waals surface area contributed by atoms with Crippen LogP contribution in [0.2, 0.25) is 5.02 Å². The highest BCUT2D eigenvalue weighted by molar-refractivity contribution is 9.10. The third kappa shape index (κ3) is 5.97. The van der Waals surface area contributed by atoms with E-state index in [1.54, 1.807) is 24.3 Å². The Morgan fingerprint density at radius 3 is 2.62 bits per heavy atom. The largest absolute Gasteiger partial charge is 0.488 e. The number of carbonyl (C=O) groups is 2. The second-order valence-corrected chi connectivity index (χ2v) is 7.90. The molecular weight excluding hydrogens is 496 g/mol. The molecule has 0 heterocycles. The number of benzene rings is 3. The number of nitriles is 1. The van der Waals surface area contributed by atoms with Gasteiger partial charge in [0, 0.05) is 26.3 Å². The molecule has 32 heavy (non-hydrogen) atoms. The van der Waals surface area contributed by atoms with E-state index >= 15 is 0 Å². The minimum atomic E-state index is -1.12. The van der Waals surface area contributed by atoms with Crippen LogP contribution in [-0.2, 0) is 11.4 Å². The van der Waals surface area contributed by atoms with Gasteiger partial charge < -0.3 is 15.2 Å². The van der Waals surface area contributed by atoms with Gasteiger partial charge in [0.1, 0.15) is 24.0 Å². The van der Waals surface area contributed by atoms with Gasteiger partial charge in [-0.25, -0.2) is 4.79 Å². The maximum Gasteiger partial charge on any atom is 0.335 e. The minimum absolute atomic E-state index is 0.0209. The lowest BCUT2D eigenvalue weighted by molar-refractivity contribution is -0.112. The Bertz CT molecular complexity index is 1250. The Balaban J connectivity index is 1.84. The predicted octanol–water partition coefficient (Wildman–Crippen LogP) is 5.93. The van der Waals surface area contributed by atoms with E-state index in [1.165, 1.54) is 30.3 Å². The maximum absolute atomic E-state index is 12.6. The summed E-state index contributed by atoms with van der Waals surface area (Å²) in [7, 11) is 0. The average molecular weight is 512 g/mol. The quantitative estimate of drug-likeness (QED) is 0.303. The maximum atomic E-state index is 12.6. The first-order chi connectivity index (χ1) is 15.4. The van der Waals surface area contributed by atoms with Crippen LogP contribution in [0.3, 0.4) is 0 Å². The van der Waals surface area contributed by atoms with E-state index in [0.717, 1.165) is 10.0 Å². The van der Waals surface area contributed by atoms with Crippen molar-refractivity contribution in [3.05, 3.63) is 98.5 Å². The number of ether oxygens (including phenoxy) is 1. The Morgan fingerprint density at radius 1 is 1.12 bits per heavy atom. The number of nitrogens with one attached hydrogen (secondary N) is 1. The number of carboxylic acid groups (broad SMARTS) is 1. The summed E-state index contributed by atoms with van der Waals surface area (Å²) < 4.78 is 6.63. The van der Waals surface area contributed by atoms with Gasteiger partial charge in [-0.15, -0.1) is 0 Å². The standard InChI is InChI=1S/C24H16BrClN2O4/c25-19-8-9-22(32-14-16-4-1-2-7-21(16)26)17(11-19)10-18(13-27)23(29)28-20-6-3-5-15(12-20)24(30)31/h1-12H,14H2,(H,28,29)(H,30,31)/b18-10-. The van der Waals surface area contributed by atoms with E-state index < -0.39 is 11.9 Å². The van der Waals surface area contributed by atoms with Crippen molar-refractivity contribution in [3.8, 4) is 11.8 Å². The van der Waals surface area contributed by atoms with Crippen LogP contribution >= 0.6 is 27.5 Å². The van der Waals surface area contributed by atoms with Gasteiger partial charge in [0.05, 0.1) is 5.56 Å². The first-order valence-electron chi connectivity index (χ1n) is 9.29. The molecule has 0 unspecified atom stereocenters. The van der Waals surface area contributed by atoms with Crippen molar-refractivity contribution in [3.63, 3.8) is 0 Å². The fourth-order valence-electron chi connectivity index (χ4n) is 2.77. The summed E-state index contributed by atoms with van der Waals surface area (Å²) in [6.45, 7) is 0.207. The molecule has 3 rings (SSSR count). The van der Waals surface area contributed by atoms with Gasteiger partial charge in [-0.05, 0) is 48.5 Å². The molecule has 1 amide bonds. The number of amides is 1. The van der Waals surface area contributed by atoms with Crippen LogP contribution < -0.4 is 10.1 Å². The summed E-state index contributed by atoms with van der Waals surface area (Å²) in [4.78, 5) is 23.8. The molecule has 0 atom stereocenters. The predicted molar refractivity (Wildman–Crippen MR) is 126 cm³/mol. The topological polar surface area (TPSA) is 99.4 Å². The number of anilines is 1. The minimum Gasteiger partial charge on any atom is -0.488 e. The molecule has 0 saturated heterocycles. The molecule has 0 aliphatic carbocycles. The molecule has 3 aromatic carbocycles. The Hall–Kier alpha value is -3.60. The van der Waals surface area contributed by atoms with Crippen molar-refractivity contribution in [2.24, 2.45) is 0 Å². The van der Waals surface area contributed by atoms with Crippen LogP contribution in [0.15, 0.2) is 76.8 Å². The first kappa shape index (κ1) is 23.1. The first-order valence-corrected chi connectivity index (χ1v) is 10.5. The normalized spacial score (nSPS) is 10.8. The van der Waals surface area contributed by atoms with Gasteiger partial charge in [-0.3, -0.25) is 4.79 Å². The second kappa shape index (κ2) is 10.6. The summed E-state index contributed by atoms with van der Waals surface area (Å²) in [6.07, 6.45) is 1.41. The highest BCUT2D eigenvalue weighted by atomic mass is 79.9. The van der Waals surface area contributed by atoms with Crippen molar-refractivity contribution < 1.29 is 19.4 Å². The number of halogens is 2. The van der Waals surface area contributed by atoms with Crippen LogP contribution in [0.4, 0.5) is 5.69 Å². The van der Waals surface area contributed by atoms with Crippen LogP contribution in [0.25, 0.3) is 6.08 Å². The molecule has 0 bridgehead atoms. The molecule has 160 valence electrons. The van der Waals surface area contributed by atoms with Gasteiger partial charge in [-0.1, -0.05) is 51.8 Å². The number of hydrogen-bond acceptors (Lipinski definition) is 4. The summed E-state index contributed by atoms with van der Waals surface area (Å²) >= 11 is 9.56. The van der Waals surface area contributed by atoms with Crippen LogP contribution in [0, 0.1) is 11.3 Å². The molecule has 0 aliphatic rings. The smallest absolute Gasteiger partial charge is 0.335 e. The van der Waals surface area contributed by atoms with Crippen molar-refractivity contribution in [2.45, 2.75) is 6.61 Å².